The van der Waals surface area contributed by atoms with E-state index in [1.54, 1.807) is 0 Å². The van der Waals surface area contributed by atoms with Gasteiger partial charge in [0.2, 0.25) is 0 Å². The Balaban J connectivity index is 1.29. The maximum absolute atomic E-state index is 2.80. The van der Waals surface area contributed by atoms with Crippen LogP contribution in [0, 0.1) is 27.7 Å². The van der Waals surface area contributed by atoms with Gasteiger partial charge in [0.05, 0.1) is 0 Å². The van der Waals surface area contributed by atoms with Gasteiger partial charge in [-0.1, -0.05) is 156 Å². The van der Waals surface area contributed by atoms with Gasteiger partial charge in [-0.2, -0.15) is 0 Å². The summed E-state index contributed by atoms with van der Waals surface area (Å²) in [6, 6.07) is 76.4. The zero-order valence-corrected chi connectivity index (χ0v) is 33.0. The lowest BCUT2D eigenvalue weighted by atomic mass is 10.1. The highest BCUT2D eigenvalue weighted by Crippen LogP contribution is 2.36. The van der Waals surface area contributed by atoms with Crippen LogP contribution in [-0.2, 0) is 0 Å². The van der Waals surface area contributed by atoms with Gasteiger partial charge in [-0.25, -0.2) is 0 Å². The molecule has 0 atom stereocenters. The highest BCUT2D eigenvalue weighted by atomic mass is 28.3. The number of hydrogen-bond acceptors (Lipinski definition) is 2. The molecule has 3 heteroatoms. The molecular weight excluding hydrogens is 681 g/mol. The van der Waals surface area contributed by atoms with Crippen molar-refractivity contribution in [2.75, 3.05) is 9.80 Å². The molecular formula is C52H46N2Si. The molecule has 0 aliphatic heterocycles. The molecule has 8 aromatic rings. The number of rotatable bonds is 10. The molecule has 8 rings (SSSR count). The van der Waals surface area contributed by atoms with Crippen LogP contribution in [0.2, 0.25) is 0 Å². The summed E-state index contributed by atoms with van der Waals surface area (Å²) in [4.78, 5) is 4.72. The van der Waals surface area contributed by atoms with E-state index < -0.39 is 8.07 Å². The summed E-state index contributed by atoms with van der Waals surface area (Å²) in [5.74, 6) is 0. The number of benzene rings is 8. The van der Waals surface area contributed by atoms with Crippen LogP contribution in [0.5, 0.6) is 0 Å². The van der Waals surface area contributed by atoms with Crippen LogP contribution in [0.4, 0.5) is 34.1 Å². The molecule has 0 unspecified atom stereocenters. The van der Waals surface area contributed by atoms with E-state index in [4.69, 9.17) is 0 Å². The summed E-state index contributed by atoms with van der Waals surface area (Å²) in [5, 5.41) is 5.38. The molecule has 55 heavy (non-hydrogen) atoms. The third-order valence-corrected chi connectivity index (χ3v) is 15.5. The first kappa shape index (κ1) is 35.6. The maximum Gasteiger partial charge on any atom is 0.179 e. The van der Waals surface area contributed by atoms with Crippen LogP contribution >= 0.6 is 0 Å². The van der Waals surface area contributed by atoms with Gasteiger partial charge in [0.1, 0.15) is 0 Å². The molecule has 0 fully saturated rings. The smallest absolute Gasteiger partial charge is 0.179 e. The summed E-state index contributed by atoms with van der Waals surface area (Å²) < 4.78 is 0. The lowest BCUT2D eigenvalue weighted by Gasteiger charge is -2.35. The van der Waals surface area contributed by atoms with Crippen LogP contribution in [0.15, 0.2) is 206 Å². The Morgan fingerprint density at radius 3 is 0.673 bits per heavy atom. The van der Waals surface area contributed by atoms with Crippen LogP contribution in [-0.4, -0.2) is 8.07 Å². The molecule has 0 radical (unpaired) electrons. The Morgan fingerprint density at radius 1 is 0.236 bits per heavy atom. The van der Waals surface area contributed by atoms with Crippen molar-refractivity contribution < 1.29 is 0 Å². The fraction of sp³-hybridized carbons (Fsp3) is 0.0769. The summed E-state index contributed by atoms with van der Waals surface area (Å²) >= 11 is 0. The van der Waals surface area contributed by atoms with Crippen molar-refractivity contribution in [2.45, 2.75) is 27.7 Å². The van der Waals surface area contributed by atoms with Crippen molar-refractivity contribution in [3.05, 3.63) is 229 Å². The van der Waals surface area contributed by atoms with E-state index in [0.29, 0.717) is 0 Å². The standard InChI is InChI=1S/C52H46N2Si/c1-39-15-23-43(24-16-39)53(44-25-17-40(2)18-26-44)47-31-35-51(36-32-47)55(49-11-7-5-8-12-49,50-13-9-6-10-14-50)52-37-33-48(34-38-52)54(45-27-19-41(3)20-28-45)46-29-21-42(4)22-30-46/h5-38H,1-4H3. The predicted molar refractivity (Wildman–Crippen MR) is 238 cm³/mol. The third kappa shape index (κ3) is 7.15. The van der Waals surface area contributed by atoms with Crippen LogP contribution in [0.3, 0.4) is 0 Å². The fourth-order valence-electron chi connectivity index (χ4n) is 7.77. The first-order valence-electron chi connectivity index (χ1n) is 19.1. The first-order chi connectivity index (χ1) is 26.9. The van der Waals surface area contributed by atoms with Crippen LogP contribution < -0.4 is 30.5 Å². The summed E-state index contributed by atoms with van der Waals surface area (Å²) in [6.45, 7) is 8.56. The van der Waals surface area contributed by atoms with Gasteiger partial charge >= 0.3 is 0 Å². The van der Waals surface area contributed by atoms with E-state index in [1.807, 2.05) is 0 Å². The van der Waals surface area contributed by atoms with Crippen LogP contribution in [0.25, 0.3) is 0 Å². The Bertz CT molecular complexity index is 2190. The predicted octanol–water partition coefficient (Wildman–Crippen LogP) is 11.2. The Hall–Kier alpha value is -6.42. The largest absolute Gasteiger partial charge is 0.311 e. The van der Waals surface area contributed by atoms with Gasteiger partial charge in [-0.05, 0) is 121 Å². The van der Waals surface area contributed by atoms with Crippen LogP contribution in [0.1, 0.15) is 22.3 Å². The van der Waals surface area contributed by atoms with Crippen molar-refractivity contribution in [1.82, 2.24) is 0 Å². The van der Waals surface area contributed by atoms with E-state index in [1.165, 1.54) is 43.0 Å². The topological polar surface area (TPSA) is 6.48 Å². The monoisotopic (exact) mass is 726 g/mol. The van der Waals surface area contributed by atoms with E-state index in [-0.39, 0.29) is 0 Å². The second-order valence-corrected chi connectivity index (χ2v) is 18.4. The average molecular weight is 727 g/mol. The number of anilines is 6. The number of nitrogens with zero attached hydrogens (tertiary/aromatic N) is 2. The minimum atomic E-state index is -2.80. The normalized spacial score (nSPS) is 11.3. The van der Waals surface area contributed by atoms with Crippen molar-refractivity contribution >= 4 is 62.9 Å². The van der Waals surface area contributed by atoms with Gasteiger partial charge in [0.15, 0.2) is 8.07 Å². The first-order valence-corrected chi connectivity index (χ1v) is 21.1. The molecule has 0 aromatic heterocycles. The van der Waals surface area contributed by atoms with Gasteiger partial charge < -0.3 is 9.80 Å². The van der Waals surface area contributed by atoms with E-state index in [0.717, 1.165) is 34.1 Å². The number of aryl methyl sites for hydroxylation is 4. The van der Waals surface area contributed by atoms with Crippen molar-refractivity contribution in [3.8, 4) is 0 Å². The number of hydrogen-bond donors (Lipinski definition) is 0. The quantitative estimate of drug-likeness (QED) is 0.102. The fourth-order valence-corrected chi connectivity index (χ4v) is 12.5. The highest BCUT2D eigenvalue weighted by Gasteiger charge is 2.41. The molecule has 0 saturated carbocycles. The van der Waals surface area contributed by atoms with E-state index >= 15 is 0 Å². The zero-order valence-electron chi connectivity index (χ0n) is 32.0. The Kier molecular flexibility index (Phi) is 10.0. The summed E-state index contributed by atoms with van der Waals surface area (Å²) in [6.07, 6.45) is 0. The zero-order chi connectivity index (χ0) is 37.8. The van der Waals surface area contributed by atoms with Gasteiger partial charge in [-0.15, -0.1) is 0 Å². The molecule has 268 valence electrons. The minimum absolute atomic E-state index is 1.13. The van der Waals surface area contributed by atoms with E-state index in [2.05, 4.69) is 244 Å². The summed E-state index contributed by atoms with van der Waals surface area (Å²) in [5.41, 5.74) is 11.8. The molecule has 0 N–H and O–H groups in total. The minimum Gasteiger partial charge on any atom is -0.311 e. The average Bonchev–Trinajstić information content (AvgIpc) is 3.23. The molecule has 0 amide bonds. The summed E-state index contributed by atoms with van der Waals surface area (Å²) in [7, 11) is -2.80. The molecule has 2 nitrogen and oxygen atoms in total. The Morgan fingerprint density at radius 2 is 0.436 bits per heavy atom. The Labute approximate surface area is 327 Å². The lowest BCUT2D eigenvalue weighted by Crippen LogP contribution is -2.74. The van der Waals surface area contributed by atoms with Gasteiger partial charge in [0.25, 0.3) is 0 Å². The molecule has 0 heterocycles. The van der Waals surface area contributed by atoms with Gasteiger partial charge in [-0.3, -0.25) is 0 Å². The van der Waals surface area contributed by atoms with Crippen molar-refractivity contribution in [1.29, 1.82) is 0 Å². The lowest BCUT2D eigenvalue weighted by molar-refractivity contribution is 1.27. The van der Waals surface area contributed by atoms with E-state index in [9.17, 15) is 0 Å². The SMILES string of the molecule is Cc1ccc(N(c2ccc(C)cc2)c2ccc([Si](c3ccccc3)(c3ccccc3)c3ccc(N(c4ccc(C)cc4)c4ccc(C)cc4)cc3)cc2)cc1. The molecule has 0 bridgehead atoms. The molecule has 0 aliphatic carbocycles. The highest BCUT2D eigenvalue weighted by molar-refractivity contribution is 7.19. The molecule has 0 spiro atoms. The molecule has 0 saturated heterocycles. The van der Waals surface area contributed by atoms with Crippen molar-refractivity contribution in [3.63, 3.8) is 0 Å². The van der Waals surface area contributed by atoms with Crippen molar-refractivity contribution in [2.24, 2.45) is 0 Å². The molecule has 0 aliphatic rings. The second kappa shape index (κ2) is 15.5. The second-order valence-electron chi connectivity index (χ2n) is 14.6. The third-order valence-electron chi connectivity index (χ3n) is 10.7. The molecule has 8 aromatic carbocycles. The van der Waals surface area contributed by atoms with Gasteiger partial charge in [0, 0.05) is 34.1 Å². The maximum atomic E-state index is 2.38.